The molecule has 1 rings (SSSR count). The molecule has 0 saturated heterocycles. The summed E-state index contributed by atoms with van der Waals surface area (Å²) in [6, 6.07) is 9.64. The minimum absolute atomic E-state index is 0.958. The molecule has 0 aliphatic heterocycles. The van der Waals surface area contributed by atoms with Crippen molar-refractivity contribution >= 4 is 0 Å². The van der Waals surface area contributed by atoms with Gasteiger partial charge < -0.3 is 0 Å². The first kappa shape index (κ1) is 5.69. The Hall–Kier alpha value is -1.44. The highest BCUT2D eigenvalue weighted by molar-refractivity contribution is 5.20. The molecule has 9 heavy (non-hydrogen) atoms. The van der Waals surface area contributed by atoms with E-state index in [1.807, 2.05) is 30.3 Å². The first-order valence-electron chi connectivity index (χ1n) is 2.70. The van der Waals surface area contributed by atoms with E-state index >= 15 is 0 Å². The standard InChI is InChI=1S/C9H6/c1-2-6-9-7-4-3-5-8-9/h1,3-5,7-8H/q+2. The summed E-state index contributed by atoms with van der Waals surface area (Å²) in [4.78, 5) is 0. The molecular formula is C9H6+2. The lowest BCUT2D eigenvalue weighted by Gasteiger charge is -1.72. The van der Waals surface area contributed by atoms with E-state index in [1.54, 1.807) is 0 Å². The van der Waals surface area contributed by atoms with Crippen LogP contribution in [0.3, 0.4) is 0 Å². The van der Waals surface area contributed by atoms with Gasteiger partial charge in [0, 0.05) is 12.1 Å². The third-order valence-corrected chi connectivity index (χ3v) is 0.990. The van der Waals surface area contributed by atoms with E-state index in [1.165, 1.54) is 0 Å². The van der Waals surface area contributed by atoms with Gasteiger partial charge in [-0.2, -0.15) is 0 Å². The molecule has 0 aliphatic carbocycles. The molecule has 0 amide bonds. The van der Waals surface area contributed by atoms with Gasteiger partial charge in [-0.15, -0.1) is 0 Å². The maximum Gasteiger partial charge on any atom is 0.457 e. The Balaban J connectivity index is 2.97. The smallest absolute Gasteiger partial charge is 0.0619 e. The summed E-state index contributed by atoms with van der Waals surface area (Å²) in [5, 5.41) is 0. The Morgan fingerprint density at radius 2 is 1.89 bits per heavy atom. The zero-order valence-electron chi connectivity index (χ0n) is 4.96. The minimum atomic E-state index is 0.958. The van der Waals surface area contributed by atoms with Gasteiger partial charge in [-0.1, -0.05) is 18.2 Å². The monoisotopic (exact) mass is 114 g/mol. The predicted octanol–water partition coefficient (Wildman–Crippen LogP) is 1.98. The second-order valence-corrected chi connectivity index (χ2v) is 1.64. The third kappa shape index (κ3) is 1.49. The second-order valence-electron chi connectivity index (χ2n) is 1.64. The van der Waals surface area contributed by atoms with E-state index < -0.39 is 0 Å². The number of benzene rings is 1. The van der Waals surface area contributed by atoms with E-state index in [2.05, 4.69) is 11.8 Å². The normalized spacial score (nSPS) is 7.44. The van der Waals surface area contributed by atoms with Gasteiger partial charge in [-0.25, -0.2) is 0 Å². The highest BCUT2D eigenvalue weighted by Gasteiger charge is 1.98. The molecule has 1 aromatic rings. The van der Waals surface area contributed by atoms with Crippen LogP contribution in [-0.2, 0) is 0 Å². The third-order valence-electron chi connectivity index (χ3n) is 0.990. The van der Waals surface area contributed by atoms with Gasteiger partial charge >= 0.3 is 18.4 Å². The van der Waals surface area contributed by atoms with Crippen molar-refractivity contribution in [2.24, 2.45) is 0 Å². The average Bonchev–Trinajstić information content (AvgIpc) is 1.91. The molecule has 0 bridgehead atoms. The number of hydrogen-bond donors (Lipinski definition) is 0. The summed E-state index contributed by atoms with van der Waals surface area (Å²) >= 11 is 0. The van der Waals surface area contributed by atoms with E-state index in [-0.39, 0.29) is 0 Å². The molecule has 0 unspecified atom stereocenters. The molecule has 0 heterocycles. The van der Waals surface area contributed by atoms with Crippen LogP contribution >= 0.6 is 0 Å². The first-order chi connectivity index (χ1) is 4.43. The van der Waals surface area contributed by atoms with Crippen LogP contribution in [0, 0.1) is 12.7 Å². The molecule has 0 radical (unpaired) electrons. The fourth-order valence-electron chi connectivity index (χ4n) is 0.605. The van der Waals surface area contributed by atoms with Crippen LogP contribution in [0.1, 0.15) is 5.56 Å². The molecule has 0 N–H and O–H groups in total. The Kier molecular flexibility index (Phi) is 1.75. The molecule has 0 fully saturated rings. The SMILES string of the molecule is [CH+]=C=[C+]c1ccccc1. The molecule has 0 spiro atoms. The Labute approximate surface area is 55.1 Å². The quantitative estimate of drug-likeness (QED) is 0.387. The zero-order valence-corrected chi connectivity index (χ0v) is 4.96. The van der Waals surface area contributed by atoms with E-state index in [0.717, 1.165) is 5.56 Å². The molecule has 0 atom stereocenters. The molecule has 0 aromatic heterocycles. The van der Waals surface area contributed by atoms with Crippen LogP contribution in [0.5, 0.6) is 0 Å². The van der Waals surface area contributed by atoms with Crippen LogP contribution in [-0.4, -0.2) is 0 Å². The molecule has 0 aliphatic rings. The number of hydrogen-bond acceptors (Lipinski definition) is 0. The number of rotatable bonds is 1. The molecule has 1 aromatic carbocycles. The molecular weight excluding hydrogens is 108 g/mol. The molecule has 0 heteroatoms. The maximum atomic E-state index is 5.00. The van der Waals surface area contributed by atoms with Crippen LogP contribution in [0.4, 0.5) is 0 Å². The van der Waals surface area contributed by atoms with Crippen LogP contribution in [0.15, 0.2) is 36.1 Å². The van der Waals surface area contributed by atoms with Gasteiger partial charge in [-0.05, 0) is 0 Å². The van der Waals surface area contributed by atoms with Crippen molar-refractivity contribution in [1.29, 1.82) is 0 Å². The fourth-order valence-corrected chi connectivity index (χ4v) is 0.605. The highest BCUT2D eigenvalue weighted by atomic mass is 13.8. The van der Waals surface area contributed by atoms with Crippen molar-refractivity contribution in [2.45, 2.75) is 0 Å². The van der Waals surface area contributed by atoms with Gasteiger partial charge in [0.1, 0.15) is 0 Å². The average molecular weight is 114 g/mol. The lowest BCUT2D eigenvalue weighted by Crippen LogP contribution is -1.66. The van der Waals surface area contributed by atoms with Gasteiger partial charge in [0.2, 0.25) is 5.56 Å². The summed E-state index contributed by atoms with van der Waals surface area (Å²) in [5.74, 6) is 0. The van der Waals surface area contributed by atoms with Crippen LogP contribution < -0.4 is 0 Å². The lowest BCUT2D eigenvalue weighted by molar-refractivity contribution is 1.58. The van der Waals surface area contributed by atoms with Gasteiger partial charge in [0.05, 0.1) is 0 Å². The van der Waals surface area contributed by atoms with Crippen LogP contribution in [0.2, 0.25) is 0 Å². The summed E-state index contributed by atoms with van der Waals surface area (Å²) in [6.07, 6.45) is 2.74. The largest absolute Gasteiger partial charge is 0.457 e. The van der Waals surface area contributed by atoms with E-state index in [0.29, 0.717) is 0 Å². The predicted molar refractivity (Wildman–Crippen MR) is 36.6 cm³/mol. The molecule has 0 saturated carbocycles. The maximum absolute atomic E-state index is 5.00. The summed E-state index contributed by atoms with van der Waals surface area (Å²) in [6.45, 7) is 5.00. The Morgan fingerprint density at radius 1 is 1.22 bits per heavy atom. The topological polar surface area (TPSA) is 0 Å². The van der Waals surface area contributed by atoms with Gasteiger partial charge in [-0.3, -0.25) is 0 Å². The fraction of sp³-hybridized carbons (Fsp3) is 0. The Morgan fingerprint density at radius 3 is 2.44 bits per heavy atom. The van der Waals surface area contributed by atoms with Gasteiger partial charge in [0.25, 0.3) is 0 Å². The first-order valence-corrected chi connectivity index (χ1v) is 2.70. The zero-order chi connectivity index (χ0) is 6.53. The van der Waals surface area contributed by atoms with Crippen molar-refractivity contribution in [1.82, 2.24) is 0 Å². The van der Waals surface area contributed by atoms with E-state index in [9.17, 15) is 0 Å². The van der Waals surface area contributed by atoms with E-state index in [4.69, 9.17) is 6.58 Å². The molecule has 0 nitrogen and oxygen atoms in total. The van der Waals surface area contributed by atoms with Crippen molar-refractivity contribution in [3.63, 3.8) is 0 Å². The van der Waals surface area contributed by atoms with Gasteiger partial charge in [0.15, 0.2) is 0 Å². The van der Waals surface area contributed by atoms with Crippen molar-refractivity contribution in [2.75, 3.05) is 0 Å². The summed E-state index contributed by atoms with van der Waals surface area (Å²) in [5.41, 5.74) is 3.29. The highest BCUT2D eigenvalue weighted by Crippen LogP contribution is 1.95. The van der Waals surface area contributed by atoms with Crippen molar-refractivity contribution < 1.29 is 0 Å². The van der Waals surface area contributed by atoms with Crippen molar-refractivity contribution in [3.8, 4) is 0 Å². The second kappa shape index (κ2) is 2.77. The summed E-state index contributed by atoms with van der Waals surface area (Å²) < 4.78 is 0. The Bertz CT molecular complexity index is 215. The van der Waals surface area contributed by atoms with Crippen molar-refractivity contribution in [3.05, 3.63) is 54.3 Å². The minimum Gasteiger partial charge on any atom is -0.0619 e. The summed E-state index contributed by atoms with van der Waals surface area (Å²) in [7, 11) is 0. The lowest BCUT2D eigenvalue weighted by atomic mass is 10.2. The molecule has 40 valence electrons. The van der Waals surface area contributed by atoms with Crippen LogP contribution in [0.25, 0.3) is 0 Å².